The van der Waals surface area contributed by atoms with Crippen LogP contribution in [0.5, 0.6) is 0 Å². The fourth-order valence-corrected chi connectivity index (χ4v) is 3.46. The van der Waals surface area contributed by atoms with Crippen LogP contribution >= 0.6 is 0 Å². The summed E-state index contributed by atoms with van der Waals surface area (Å²) in [5.41, 5.74) is 10.8. The van der Waals surface area contributed by atoms with Crippen LogP contribution < -0.4 is 5.73 Å². The molecule has 0 saturated heterocycles. The molecule has 1 atom stereocenters. The van der Waals surface area contributed by atoms with Gasteiger partial charge in [-0.2, -0.15) is 0 Å². The van der Waals surface area contributed by atoms with Crippen LogP contribution in [0.25, 0.3) is 0 Å². The summed E-state index contributed by atoms with van der Waals surface area (Å²) in [4.78, 5) is 22.9. The van der Waals surface area contributed by atoms with E-state index < -0.39 is 5.54 Å². The lowest BCUT2D eigenvalue weighted by Gasteiger charge is -2.33. The van der Waals surface area contributed by atoms with Crippen molar-refractivity contribution in [1.82, 2.24) is 4.90 Å². The van der Waals surface area contributed by atoms with Gasteiger partial charge in [-0.05, 0) is 18.1 Å². The largest absolute Gasteiger partial charge is 0.369 e. The number of benzene rings is 2. The molecule has 0 spiro atoms. The van der Waals surface area contributed by atoms with Crippen molar-refractivity contribution >= 4 is 17.6 Å². The van der Waals surface area contributed by atoms with Gasteiger partial charge in [0.05, 0.1) is 24.2 Å². The first-order valence-corrected chi connectivity index (χ1v) is 8.33. The predicted molar refractivity (Wildman–Crippen MR) is 98.6 cm³/mol. The zero-order valence-corrected chi connectivity index (χ0v) is 14.4. The number of carbonyl (C=O) groups excluding carboxylic acids is 1. The van der Waals surface area contributed by atoms with Gasteiger partial charge in [-0.25, -0.2) is 4.99 Å². The lowest BCUT2D eigenvalue weighted by Crippen LogP contribution is -2.47. The molecule has 0 unspecified atom stereocenters. The molecule has 0 aromatic heterocycles. The molecule has 25 heavy (non-hydrogen) atoms. The minimum absolute atomic E-state index is 0.0169. The van der Waals surface area contributed by atoms with E-state index in [1.54, 1.807) is 7.05 Å². The quantitative estimate of drug-likeness (QED) is 0.917. The van der Waals surface area contributed by atoms with E-state index in [4.69, 9.17) is 10.7 Å². The van der Waals surface area contributed by atoms with Gasteiger partial charge in [0.1, 0.15) is 0 Å². The Kier molecular flexibility index (Phi) is 3.46. The molecule has 0 saturated carbocycles. The molecule has 0 bridgehead atoms. The summed E-state index contributed by atoms with van der Waals surface area (Å²) in [5, 5.41) is 0. The van der Waals surface area contributed by atoms with Crippen molar-refractivity contribution in [3.63, 3.8) is 0 Å². The molecular weight excluding hydrogens is 312 g/mol. The third-order valence-electron chi connectivity index (χ3n) is 5.01. The summed E-state index contributed by atoms with van der Waals surface area (Å²) in [7, 11) is 1.66. The van der Waals surface area contributed by atoms with Gasteiger partial charge in [0.2, 0.25) is 5.91 Å². The fraction of sp³-hybridized carbons (Fsp3) is 0.250. The monoisotopic (exact) mass is 332 g/mol. The first kappa shape index (κ1) is 15.6. The molecule has 4 rings (SSSR count). The van der Waals surface area contributed by atoms with Crippen LogP contribution in [0.3, 0.4) is 0 Å². The lowest BCUT2D eigenvalue weighted by atomic mass is 9.85. The van der Waals surface area contributed by atoms with Gasteiger partial charge in [0, 0.05) is 18.2 Å². The van der Waals surface area contributed by atoms with Crippen LogP contribution in [0.2, 0.25) is 0 Å². The summed E-state index contributed by atoms with van der Waals surface area (Å²) < 4.78 is 0. The maximum atomic E-state index is 12.2. The number of fused-ring (bicyclic) bond motifs is 1. The van der Waals surface area contributed by atoms with Gasteiger partial charge in [0.25, 0.3) is 0 Å². The number of amides is 1. The van der Waals surface area contributed by atoms with Gasteiger partial charge in [-0.15, -0.1) is 0 Å². The highest BCUT2D eigenvalue weighted by Gasteiger charge is 2.36. The normalized spacial score (nSPS) is 22.5. The summed E-state index contributed by atoms with van der Waals surface area (Å²) >= 11 is 0. The highest BCUT2D eigenvalue weighted by Crippen LogP contribution is 2.35. The number of aliphatic imine (C=N–C) groups is 2. The minimum atomic E-state index is -0.627. The van der Waals surface area contributed by atoms with Crippen molar-refractivity contribution < 1.29 is 4.79 Å². The molecule has 2 N–H and O–H groups in total. The Morgan fingerprint density at radius 3 is 2.64 bits per heavy atom. The summed E-state index contributed by atoms with van der Waals surface area (Å²) in [6, 6.07) is 16.4. The van der Waals surface area contributed by atoms with Crippen LogP contribution in [-0.2, 0) is 16.9 Å². The zero-order chi connectivity index (χ0) is 17.6. The average molecular weight is 332 g/mol. The Morgan fingerprint density at radius 2 is 1.92 bits per heavy atom. The Morgan fingerprint density at radius 1 is 1.16 bits per heavy atom. The third kappa shape index (κ3) is 2.52. The molecule has 2 aromatic carbocycles. The molecule has 0 fully saturated rings. The van der Waals surface area contributed by atoms with Crippen molar-refractivity contribution in [2.75, 3.05) is 7.05 Å². The van der Waals surface area contributed by atoms with E-state index >= 15 is 0 Å². The standard InChI is InChI=1S/C20H20N4O/c1-20(11-17(25)24(2)19(21)23-20)15-8-9-16-14(10-15)12-22-18(16)13-6-4-3-5-7-13/h3-10H,11-12H2,1-2H3,(H2,21,23)/t20-/m0/s1. The van der Waals surface area contributed by atoms with Crippen molar-refractivity contribution in [1.29, 1.82) is 0 Å². The first-order chi connectivity index (χ1) is 12.0. The highest BCUT2D eigenvalue weighted by atomic mass is 16.2. The maximum Gasteiger partial charge on any atom is 0.231 e. The van der Waals surface area contributed by atoms with E-state index in [9.17, 15) is 4.79 Å². The SMILES string of the molecule is CN1C(=O)C[C@@](C)(c2ccc3c(c2)CN=C3c2ccccc2)N=C1N. The fourth-order valence-electron chi connectivity index (χ4n) is 3.46. The smallest absolute Gasteiger partial charge is 0.231 e. The Balaban J connectivity index is 1.72. The Labute approximate surface area is 146 Å². The Hall–Kier alpha value is -2.95. The first-order valence-electron chi connectivity index (χ1n) is 8.33. The molecule has 0 radical (unpaired) electrons. The number of hydrogen-bond donors (Lipinski definition) is 1. The van der Waals surface area contributed by atoms with E-state index in [0.717, 1.165) is 28.0 Å². The molecule has 1 amide bonds. The molecule has 0 aliphatic carbocycles. The van der Waals surface area contributed by atoms with Crippen LogP contribution in [0.15, 0.2) is 58.5 Å². The van der Waals surface area contributed by atoms with E-state index in [-0.39, 0.29) is 11.9 Å². The second-order valence-electron chi connectivity index (χ2n) is 6.78. The second-order valence-corrected chi connectivity index (χ2v) is 6.78. The number of rotatable bonds is 2. The van der Waals surface area contributed by atoms with E-state index in [0.29, 0.717) is 13.0 Å². The van der Waals surface area contributed by atoms with Gasteiger partial charge < -0.3 is 5.73 Å². The predicted octanol–water partition coefficient (Wildman–Crippen LogP) is 2.43. The van der Waals surface area contributed by atoms with E-state index in [2.05, 4.69) is 29.3 Å². The van der Waals surface area contributed by atoms with Crippen LogP contribution in [-0.4, -0.2) is 29.5 Å². The zero-order valence-electron chi connectivity index (χ0n) is 14.4. The van der Waals surface area contributed by atoms with Gasteiger partial charge in [-0.1, -0.05) is 48.5 Å². The van der Waals surface area contributed by atoms with Crippen molar-refractivity contribution in [3.8, 4) is 0 Å². The van der Waals surface area contributed by atoms with Crippen LogP contribution in [0.4, 0.5) is 0 Å². The van der Waals surface area contributed by atoms with E-state index in [1.165, 1.54) is 4.90 Å². The lowest BCUT2D eigenvalue weighted by molar-refractivity contribution is -0.128. The highest BCUT2D eigenvalue weighted by molar-refractivity contribution is 6.15. The third-order valence-corrected chi connectivity index (χ3v) is 5.01. The molecule has 126 valence electrons. The number of carbonyl (C=O) groups is 1. The van der Waals surface area contributed by atoms with Crippen molar-refractivity contribution in [2.24, 2.45) is 15.7 Å². The van der Waals surface area contributed by atoms with Gasteiger partial charge >= 0.3 is 0 Å². The van der Waals surface area contributed by atoms with Crippen LogP contribution in [0, 0.1) is 0 Å². The molecule has 5 nitrogen and oxygen atoms in total. The number of nitrogens with two attached hydrogens (primary N) is 1. The van der Waals surface area contributed by atoms with Gasteiger partial charge in [-0.3, -0.25) is 14.7 Å². The number of hydrogen-bond acceptors (Lipinski definition) is 4. The topological polar surface area (TPSA) is 71.0 Å². The Bertz CT molecular complexity index is 917. The molecule has 2 heterocycles. The van der Waals surface area contributed by atoms with E-state index in [1.807, 2.05) is 31.2 Å². The average Bonchev–Trinajstić information content (AvgIpc) is 3.03. The molecule has 5 heteroatoms. The summed E-state index contributed by atoms with van der Waals surface area (Å²) in [6.45, 7) is 2.61. The molecular formula is C20H20N4O. The van der Waals surface area contributed by atoms with Crippen molar-refractivity contribution in [3.05, 3.63) is 70.8 Å². The molecule has 2 aliphatic heterocycles. The number of guanidine groups is 1. The molecule has 2 aliphatic rings. The van der Waals surface area contributed by atoms with Gasteiger partial charge in [0.15, 0.2) is 5.96 Å². The molecule has 2 aromatic rings. The number of nitrogens with zero attached hydrogens (tertiary/aromatic N) is 3. The summed E-state index contributed by atoms with van der Waals surface area (Å²) in [5.74, 6) is 0.247. The van der Waals surface area contributed by atoms with Crippen molar-refractivity contribution in [2.45, 2.75) is 25.4 Å². The second kappa shape index (κ2) is 5.55. The van der Waals surface area contributed by atoms with Crippen LogP contribution in [0.1, 0.15) is 35.6 Å². The minimum Gasteiger partial charge on any atom is -0.369 e. The summed E-state index contributed by atoms with van der Waals surface area (Å²) in [6.07, 6.45) is 0.315. The maximum absolute atomic E-state index is 12.2.